The summed E-state index contributed by atoms with van der Waals surface area (Å²) in [7, 11) is 0. The largest absolute Gasteiger partial charge is 0.295 e. The Hall–Kier alpha value is -0.0400. The minimum Gasteiger partial charge on any atom is -0.295 e. The predicted molar refractivity (Wildman–Crippen MR) is 35.9 cm³/mol. The maximum Gasteiger partial charge on any atom is 0.0224 e. The highest BCUT2D eigenvalue weighted by Crippen LogP contribution is 2.22. The van der Waals surface area contributed by atoms with Gasteiger partial charge in [0.2, 0.25) is 0 Å². The van der Waals surface area contributed by atoms with Crippen molar-refractivity contribution >= 4 is 0 Å². The van der Waals surface area contributed by atoms with E-state index in [0.29, 0.717) is 0 Å². The third-order valence-corrected chi connectivity index (χ3v) is 1.89. The molecule has 0 bridgehead atoms. The molecule has 0 aromatic heterocycles. The molecule has 1 rings (SSSR count). The molecule has 0 spiro atoms. The van der Waals surface area contributed by atoms with Crippen LogP contribution in [0.15, 0.2) is 0 Å². The molecule has 0 N–H and O–H groups in total. The second-order valence-electron chi connectivity index (χ2n) is 2.85. The zero-order chi connectivity index (χ0) is 6.15. The van der Waals surface area contributed by atoms with Gasteiger partial charge >= 0.3 is 0 Å². The first kappa shape index (κ1) is 6.09. The lowest BCUT2D eigenvalue weighted by Crippen LogP contribution is -2.11. The molecular formula is C7H15N. The van der Waals surface area contributed by atoms with Crippen molar-refractivity contribution in [3.05, 3.63) is 0 Å². The molecule has 1 aliphatic heterocycles. The summed E-state index contributed by atoms with van der Waals surface area (Å²) in [5, 5.41) is 0. The van der Waals surface area contributed by atoms with Gasteiger partial charge in [-0.3, -0.25) is 4.90 Å². The molecule has 0 aliphatic carbocycles. The molecule has 0 aromatic rings. The zero-order valence-electron chi connectivity index (χ0n) is 6.02. The molecular weight excluding hydrogens is 98.1 g/mol. The maximum absolute atomic E-state index is 2.51. The Morgan fingerprint density at radius 3 is 2.38 bits per heavy atom. The Morgan fingerprint density at radius 1 is 1.62 bits per heavy atom. The zero-order valence-corrected chi connectivity index (χ0v) is 6.02. The van der Waals surface area contributed by atoms with Gasteiger partial charge in [0.05, 0.1) is 0 Å². The predicted octanol–water partition coefficient (Wildman–Crippen LogP) is 1.49. The summed E-state index contributed by atoms with van der Waals surface area (Å²) in [6, 6.07) is 1.70. The lowest BCUT2D eigenvalue weighted by molar-refractivity contribution is 0.417. The molecule has 1 nitrogen and oxygen atoms in total. The molecule has 0 amide bonds. The van der Waals surface area contributed by atoms with Crippen LogP contribution in [0.2, 0.25) is 0 Å². The monoisotopic (exact) mass is 113 g/mol. The topological polar surface area (TPSA) is 3.01 Å². The van der Waals surface area contributed by atoms with E-state index in [1.54, 1.807) is 0 Å². The lowest BCUT2D eigenvalue weighted by atomic mass is 10.3. The van der Waals surface area contributed by atoms with Gasteiger partial charge in [-0.05, 0) is 20.3 Å². The summed E-state index contributed by atoms with van der Waals surface area (Å²) in [5.74, 6) is 0. The van der Waals surface area contributed by atoms with E-state index in [2.05, 4.69) is 25.7 Å². The van der Waals surface area contributed by atoms with E-state index in [4.69, 9.17) is 0 Å². The first-order chi connectivity index (χ1) is 3.75. The fourth-order valence-electron chi connectivity index (χ4n) is 1.19. The van der Waals surface area contributed by atoms with Gasteiger partial charge in [-0.15, -0.1) is 0 Å². The molecule has 48 valence electrons. The number of nitrogens with zero attached hydrogens (tertiary/aromatic N) is 1. The van der Waals surface area contributed by atoms with Gasteiger partial charge in [-0.1, -0.05) is 6.92 Å². The second-order valence-corrected chi connectivity index (χ2v) is 2.85. The van der Waals surface area contributed by atoms with Gasteiger partial charge in [-0.2, -0.15) is 0 Å². The maximum atomic E-state index is 2.51. The van der Waals surface area contributed by atoms with E-state index in [-0.39, 0.29) is 0 Å². The molecule has 8 heavy (non-hydrogen) atoms. The quantitative estimate of drug-likeness (QED) is 0.490. The highest BCUT2D eigenvalue weighted by molar-refractivity contribution is 4.89. The van der Waals surface area contributed by atoms with Crippen LogP contribution in [-0.2, 0) is 0 Å². The van der Waals surface area contributed by atoms with Crippen LogP contribution < -0.4 is 0 Å². The molecule has 1 heterocycles. The summed E-state index contributed by atoms with van der Waals surface area (Å²) < 4.78 is 0. The van der Waals surface area contributed by atoms with Crippen LogP contribution in [0.4, 0.5) is 0 Å². The molecule has 1 heteroatoms. The van der Waals surface area contributed by atoms with E-state index >= 15 is 0 Å². The summed E-state index contributed by atoms with van der Waals surface area (Å²) in [6.07, 6.45) is 1.33. The van der Waals surface area contributed by atoms with Crippen LogP contribution >= 0.6 is 0 Å². The summed E-state index contributed by atoms with van der Waals surface area (Å²) in [5.41, 5.74) is 0. The van der Waals surface area contributed by atoms with Crippen LogP contribution in [0.1, 0.15) is 27.2 Å². The number of rotatable bonds is 2. The fraction of sp³-hybridized carbons (Fsp3) is 1.00. The smallest absolute Gasteiger partial charge is 0.0224 e. The van der Waals surface area contributed by atoms with Gasteiger partial charge in [0, 0.05) is 18.6 Å². The standard InChI is InChI=1S/C7H15N/c1-4-7-5-8(7)6(2)3/h6-7H,4-5H2,1-3H3. The van der Waals surface area contributed by atoms with Gasteiger partial charge in [0.1, 0.15) is 0 Å². The Balaban J connectivity index is 2.16. The van der Waals surface area contributed by atoms with Crippen molar-refractivity contribution in [2.45, 2.75) is 39.3 Å². The van der Waals surface area contributed by atoms with Crippen LogP contribution in [-0.4, -0.2) is 23.5 Å². The normalized spacial score (nSPS) is 36.0. The average molecular weight is 113 g/mol. The van der Waals surface area contributed by atoms with E-state index in [1.807, 2.05) is 0 Å². The minimum atomic E-state index is 0.778. The van der Waals surface area contributed by atoms with E-state index in [0.717, 1.165) is 12.1 Å². The Bertz CT molecular complexity index is 78.5. The molecule has 1 aliphatic rings. The Labute approximate surface area is 51.7 Å². The van der Waals surface area contributed by atoms with Crippen LogP contribution in [0.5, 0.6) is 0 Å². The Kier molecular flexibility index (Phi) is 1.57. The van der Waals surface area contributed by atoms with Crippen molar-refractivity contribution in [1.82, 2.24) is 4.90 Å². The molecule has 0 saturated carbocycles. The third-order valence-electron chi connectivity index (χ3n) is 1.89. The van der Waals surface area contributed by atoms with Crippen molar-refractivity contribution in [2.24, 2.45) is 0 Å². The van der Waals surface area contributed by atoms with Gasteiger partial charge in [0.25, 0.3) is 0 Å². The second kappa shape index (κ2) is 2.06. The molecule has 2 unspecified atom stereocenters. The first-order valence-corrected chi connectivity index (χ1v) is 3.51. The summed E-state index contributed by atoms with van der Waals surface area (Å²) >= 11 is 0. The van der Waals surface area contributed by atoms with E-state index in [1.165, 1.54) is 13.0 Å². The molecule has 0 radical (unpaired) electrons. The van der Waals surface area contributed by atoms with Crippen molar-refractivity contribution in [2.75, 3.05) is 6.54 Å². The van der Waals surface area contributed by atoms with Crippen molar-refractivity contribution in [3.8, 4) is 0 Å². The minimum absolute atomic E-state index is 0.778. The summed E-state index contributed by atoms with van der Waals surface area (Å²) in [4.78, 5) is 2.51. The van der Waals surface area contributed by atoms with E-state index < -0.39 is 0 Å². The number of hydrogen-bond donors (Lipinski definition) is 0. The average Bonchev–Trinajstić information content (AvgIpc) is 2.42. The molecule has 0 aromatic carbocycles. The van der Waals surface area contributed by atoms with Gasteiger partial charge in [0.15, 0.2) is 0 Å². The van der Waals surface area contributed by atoms with Crippen molar-refractivity contribution in [3.63, 3.8) is 0 Å². The van der Waals surface area contributed by atoms with Crippen molar-refractivity contribution in [1.29, 1.82) is 0 Å². The molecule has 2 atom stereocenters. The van der Waals surface area contributed by atoms with Crippen LogP contribution in [0.25, 0.3) is 0 Å². The Morgan fingerprint density at radius 2 is 2.25 bits per heavy atom. The fourth-order valence-corrected chi connectivity index (χ4v) is 1.19. The van der Waals surface area contributed by atoms with E-state index in [9.17, 15) is 0 Å². The summed E-state index contributed by atoms with van der Waals surface area (Å²) in [6.45, 7) is 8.12. The highest BCUT2D eigenvalue weighted by atomic mass is 15.3. The van der Waals surface area contributed by atoms with Crippen LogP contribution in [0.3, 0.4) is 0 Å². The van der Waals surface area contributed by atoms with Gasteiger partial charge in [-0.25, -0.2) is 0 Å². The van der Waals surface area contributed by atoms with Crippen LogP contribution in [0, 0.1) is 0 Å². The lowest BCUT2D eigenvalue weighted by Gasteiger charge is -2.04. The SMILES string of the molecule is CCC1CN1C(C)C. The van der Waals surface area contributed by atoms with Gasteiger partial charge < -0.3 is 0 Å². The third kappa shape index (κ3) is 1.03. The first-order valence-electron chi connectivity index (χ1n) is 3.51. The van der Waals surface area contributed by atoms with Crippen molar-refractivity contribution < 1.29 is 0 Å². The molecule has 1 saturated heterocycles. The highest BCUT2D eigenvalue weighted by Gasteiger charge is 2.33. The number of hydrogen-bond acceptors (Lipinski definition) is 1. The molecule has 1 fully saturated rings.